The highest BCUT2D eigenvalue weighted by Gasteiger charge is 2.12. The fourth-order valence-electron chi connectivity index (χ4n) is 2.18. The van der Waals surface area contributed by atoms with E-state index in [1.807, 2.05) is 37.3 Å². The molecule has 0 radical (unpaired) electrons. The highest BCUT2D eigenvalue weighted by molar-refractivity contribution is 5.94. The zero-order valence-electron chi connectivity index (χ0n) is 12.5. The third-order valence-corrected chi connectivity index (χ3v) is 3.30. The first kappa shape index (κ1) is 14.9. The summed E-state index contributed by atoms with van der Waals surface area (Å²) in [7, 11) is 3.46. The normalized spacial score (nSPS) is 11.8. The van der Waals surface area contributed by atoms with Crippen LogP contribution < -0.4 is 5.32 Å². The predicted octanol–water partition coefficient (Wildman–Crippen LogP) is 3.27. The number of phenols is 1. The van der Waals surface area contributed by atoms with Crippen molar-refractivity contribution < 1.29 is 9.90 Å². The van der Waals surface area contributed by atoms with Crippen LogP contribution >= 0.6 is 0 Å². The minimum absolute atomic E-state index is 0.0335. The third-order valence-electron chi connectivity index (χ3n) is 3.30. The molecule has 0 aromatic heterocycles. The lowest BCUT2D eigenvalue weighted by atomic mass is 10.1. The van der Waals surface area contributed by atoms with Crippen molar-refractivity contribution in [2.45, 2.75) is 13.0 Å². The van der Waals surface area contributed by atoms with Crippen molar-refractivity contribution >= 4 is 11.6 Å². The number of nitrogens with one attached hydrogen (secondary N) is 1. The van der Waals surface area contributed by atoms with Crippen molar-refractivity contribution in [2.24, 2.45) is 0 Å². The first-order valence-corrected chi connectivity index (χ1v) is 6.85. The van der Waals surface area contributed by atoms with Gasteiger partial charge in [-0.05, 0) is 31.2 Å². The molecule has 110 valence electrons. The van der Waals surface area contributed by atoms with Crippen molar-refractivity contribution in [3.05, 3.63) is 59.7 Å². The maximum atomic E-state index is 12.0. The van der Waals surface area contributed by atoms with E-state index in [-0.39, 0.29) is 17.7 Å². The van der Waals surface area contributed by atoms with Gasteiger partial charge in [0.15, 0.2) is 0 Å². The van der Waals surface area contributed by atoms with Gasteiger partial charge in [0.2, 0.25) is 0 Å². The number of anilines is 1. The molecular weight excluding hydrogens is 264 g/mol. The van der Waals surface area contributed by atoms with Gasteiger partial charge in [0.25, 0.3) is 5.91 Å². The summed E-state index contributed by atoms with van der Waals surface area (Å²) in [6.45, 7) is 1.97. The van der Waals surface area contributed by atoms with E-state index in [0.29, 0.717) is 5.56 Å². The Morgan fingerprint density at radius 1 is 1.14 bits per heavy atom. The Bertz CT molecular complexity index is 638. The molecule has 0 saturated carbocycles. The number of carbonyl (C=O) groups excluding carboxylic acids is 1. The Hall–Kier alpha value is -2.49. The van der Waals surface area contributed by atoms with Gasteiger partial charge in [0, 0.05) is 30.9 Å². The zero-order valence-corrected chi connectivity index (χ0v) is 12.5. The van der Waals surface area contributed by atoms with Gasteiger partial charge in [-0.3, -0.25) is 4.79 Å². The van der Waals surface area contributed by atoms with Crippen LogP contribution in [0, 0.1) is 0 Å². The highest BCUT2D eigenvalue weighted by atomic mass is 16.3. The second-order valence-electron chi connectivity index (χ2n) is 5.21. The Kier molecular flexibility index (Phi) is 4.48. The maximum Gasteiger partial charge on any atom is 0.253 e. The Morgan fingerprint density at radius 2 is 1.86 bits per heavy atom. The van der Waals surface area contributed by atoms with E-state index in [1.54, 1.807) is 37.2 Å². The molecule has 0 aliphatic rings. The Labute approximate surface area is 125 Å². The summed E-state index contributed by atoms with van der Waals surface area (Å²) in [6.07, 6.45) is 0. The number of aromatic hydroxyl groups is 1. The lowest BCUT2D eigenvalue weighted by Crippen LogP contribution is -2.21. The predicted molar refractivity (Wildman–Crippen MR) is 84.6 cm³/mol. The molecule has 4 nitrogen and oxygen atoms in total. The molecule has 2 aromatic rings. The van der Waals surface area contributed by atoms with Gasteiger partial charge in [0.1, 0.15) is 5.75 Å². The van der Waals surface area contributed by atoms with Crippen molar-refractivity contribution in [3.8, 4) is 5.75 Å². The number of hydrogen-bond acceptors (Lipinski definition) is 3. The number of amides is 1. The molecule has 1 amide bonds. The van der Waals surface area contributed by atoms with Gasteiger partial charge >= 0.3 is 0 Å². The molecule has 0 fully saturated rings. The van der Waals surface area contributed by atoms with Crippen LogP contribution in [-0.2, 0) is 0 Å². The topological polar surface area (TPSA) is 52.6 Å². The maximum absolute atomic E-state index is 12.0. The van der Waals surface area contributed by atoms with Crippen molar-refractivity contribution in [1.82, 2.24) is 4.90 Å². The first-order chi connectivity index (χ1) is 9.99. The summed E-state index contributed by atoms with van der Waals surface area (Å²) in [4.78, 5) is 13.5. The van der Waals surface area contributed by atoms with Crippen LogP contribution in [0.15, 0.2) is 48.5 Å². The van der Waals surface area contributed by atoms with Crippen molar-refractivity contribution in [3.63, 3.8) is 0 Å². The minimum atomic E-state index is -0.0593. The number of para-hydroxylation sites is 1. The van der Waals surface area contributed by atoms with E-state index in [1.165, 1.54) is 0 Å². The van der Waals surface area contributed by atoms with Crippen LogP contribution in [-0.4, -0.2) is 30.0 Å². The number of nitrogens with zero attached hydrogens (tertiary/aromatic N) is 1. The number of carbonyl (C=O) groups is 1. The number of rotatable bonds is 4. The zero-order chi connectivity index (χ0) is 15.4. The molecule has 2 aromatic carbocycles. The van der Waals surface area contributed by atoms with Crippen LogP contribution in [0.1, 0.15) is 28.9 Å². The minimum Gasteiger partial charge on any atom is -0.508 e. The van der Waals surface area contributed by atoms with Gasteiger partial charge in [-0.15, -0.1) is 0 Å². The smallest absolute Gasteiger partial charge is 0.253 e. The molecule has 2 N–H and O–H groups in total. The monoisotopic (exact) mass is 284 g/mol. The van der Waals surface area contributed by atoms with Crippen molar-refractivity contribution in [1.29, 1.82) is 0 Å². The third kappa shape index (κ3) is 3.54. The number of benzene rings is 2. The molecule has 0 saturated heterocycles. The van der Waals surface area contributed by atoms with E-state index in [9.17, 15) is 9.90 Å². The molecule has 1 atom stereocenters. The summed E-state index contributed by atoms with van der Waals surface area (Å²) in [6, 6.07) is 14.5. The SMILES string of the molecule is CC(Nc1cccc(C(=O)N(C)C)c1)c1ccccc1O. The van der Waals surface area contributed by atoms with Crippen LogP contribution in [0.4, 0.5) is 5.69 Å². The van der Waals surface area contributed by atoms with Crippen LogP contribution in [0.25, 0.3) is 0 Å². The molecule has 0 heterocycles. The van der Waals surface area contributed by atoms with E-state index in [0.717, 1.165) is 11.3 Å². The van der Waals surface area contributed by atoms with Gasteiger partial charge < -0.3 is 15.3 Å². The molecule has 2 rings (SSSR count). The van der Waals surface area contributed by atoms with Crippen LogP contribution in [0.3, 0.4) is 0 Å². The number of phenolic OH excluding ortho intramolecular Hbond substituents is 1. The van der Waals surface area contributed by atoms with Gasteiger partial charge in [0.05, 0.1) is 6.04 Å². The standard InChI is InChI=1S/C17H20N2O2/c1-12(15-9-4-5-10-16(15)20)18-14-8-6-7-13(11-14)17(21)19(2)3/h4-12,18,20H,1-3H3. The van der Waals surface area contributed by atoms with E-state index >= 15 is 0 Å². The molecule has 0 spiro atoms. The Morgan fingerprint density at radius 3 is 2.52 bits per heavy atom. The Balaban J connectivity index is 2.18. The summed E-state index contributed by atoms with van der Waals surface area (Å²) in [5.41, 5.74) is 2.30. The van der Waals surface area contributed by atoms with Crippen LogP contribution in [0.2, 0.25) is 0 Å². The average Bonchev–Trinajstić information content (AvgIpc) is 2.47. The fraction of sp³-hybridized carbons (Fsp3) is 0.235. The largest absolute Gasteiger partial charge is 0.508 e. The summed E-state index contributed by atoms with van der Waals surface area (Å²) < 4.78 is 0. The summed E-state index contributed by atoms with van der Waals surface area (Å²) in [5, 5.41) is 13.2. The van der Waals surface area contributed by atoms with Gasteiger partial charge in [-0.25, -0.2) is 0 Å². The van der Waals surface area contributed by atoms with Crippen molar-refractivity contribution in [2.75, 3.05) is 19.4 Å². The lowest BCUT2D eigenvalue weighted by molar-refractivity contribution is 0.0827. The van der Waals surface area contributed by atoms with Crippen LogP contribution in [0.5, 0.6) is 5.75 Å². The lowest BCUT2D eigenvalue weighted by Gasteiger charge is -2.18. The molecular formula is C17H20N2O2. The second kappa shape index (κ2) is 6.31. The molecule has 4 heteroatoms. The van der Waals surface area contributed by atoms with Gasteiger partial charge in [-0.1, -0.05) is 24.3 Å². The van der Waals surface area contributed by atoms with E-state index < -0.39 is 0 Å². The highest BCUT2D eigenvalue weighted by Crippen LogP contribution is 2.26. The summed E-state index contributed by atoms with van der Waals surface area (Å²) >= 11 is 0. The molecule has 0 aliphatic carbocycles. The van der Waals surface area contributed by atoms with E-state index in [4.69, 9.17) is 0 Å². The fourth-order valence-corrected chi connectivity index (χ4v) is 2.18. The first-order valence-electron chi connectivity index (χ1n) is 6.85. The average molecular weight is 284 g/mol. The quantitative estimate of drug-likeness (QED) is 0.906. The molecule has 21 heavy (non-hydrogen) atoms. The second-order valence-corrected chi connectivity index (χ2v) is 5.21. The summed E-state index contributed by atoms with van der Waals surface area (Å²) in [5.74, 6) is 0.229. The molecule has 0 bridgehead atoms. The molecule has 0 aliphatic heterocycles. The molecule has 1 unspecified atom stereocenters. The number of hydrogen-bond donors (Lipinski definition) is 2. The van der Waals surface area contributed by atoms with E-state index in [2.05, 4.69) is 5.32 Å². The van der Waals surface area contributed by atoms with Gasteiger partial charge in [-0.2, -0.15) is 0 Å².